The molecule has 74 valence electrons. The molecule has 13 heavy (non-hydrogen) atoms. The molecule has 1 aromatic heterocycles. The molecule has 0 aliphatic carbocycles. The van der Waals surface area contributed by atoms with Crippen molar-refractivity contribution >= 4 is 0 Å². The molecule has 0 saturated carbocycles. The van der Waals surface area contributed by atoms with E-state index in [1.54, 1.807) is 0 Å². The van der Waals surface area contributed by atoms with Crippen molar-refractivity contribution in [2.75, 3.05) is 6.61 Å². The Kier molecular flexibility index (Phi) is 6.82. The zero-order chi connectivity index (χ0) is 8.81. The van der Waals surface area contributed by atoms with E-state index in [4.69, 9.17) is 5.11 Å². The fraction of sp³-hybridized carbons (Fsp3) is 0.500. The van der Waals surface area contributed by atoms with Gasteiger partial charge in [0.1, 0.15) is 6.61 Å². The monoisotopic (exact) mass is 245 g/mol. The van der Waals surface area contributed by atoms with Crippen molar-refractivity contribution in [3.8, 4) is 0 Å². The summed E-state index contributed by atoms with van der Waals surface area (Å²) in [6.45, 7) is 3.07. The Labute approximate surface area is 90.0 Å². The van der Waals surface area contributed by atoms with Gasteiger partial charge >= 0.3 is 0 Å². The van der Waals surface area contributed by atoms with Crippen molar-refractivity contribution in [2.45, 2.75) is 26.3 Å². The van der Waals surface area contributed by atoms with Crippen LogP contribution in [0.15, 0.2) is 24.5 Å². The SMILES string of the molecule is CCCc1cc[n+](CCO)cc1.[Br-]. The number of aliphatic hydroxyl groups excluding tert-OH is 1. The first kappa shape index (κ1) is 12.6. The van der Waals surface area contributed by atoms with E-state index in [1.165, 1.54) is 12.0 Å². The number of nitrogens with zero attached hydrogens (tertiary/aromatic N) is 1. The van der Waals surface area contributed by atoms with Crippen LogP contribution >= 0.6 is 0 Å². The Hall–Kier alpha value is -0.410. The summed E-state index contributed by atoms with van der Waals surface area (Å²) >= 11 is 0. The summed E-state index contributed by atoms with van der Waals surface area (Å²) in [5, 5.41) is 8.67. The van der Waals surface area contributed by atoms with Crippen LogP contribution in [0.4, 0.5) is 0 Å². The summed E-state index contributed by atoms with van der Waals surface area (Å²) in [5.74, 6) is 0. The van der Waals surface area contributed by atoms with E-state index in [2.05, 4.69) is 19.1 Å². The van der Waals surface area contributed by atoms with Gasteiger partial charge in [0.05, 0.1) is 0 Å². The Balaban J connectivity index is 0.00000144. The van der Waals surface area contributed by atoms with Crippen LogP contribution in [0.3, 0.4) is 0 Å². The van der Waals surface area contributed by atoms with Crippen molar-refractivity contribution in [1.82, 2.24) is 0 Å². The van der Waals surface area contributed by atoms with Crippen LogP contribution in [0.5, 0.6) is 0 Å². The summed E-state index contributed by atoms with van der Waals surface area (Å²) in [6.07, 6.45) is 6.35. The minimum atomic E-state index is 0. The van der Waals surface area contributed by atoms with E-state index >= 15 is 0 Å². The Morgan fingerprint density at radius 1 is 1.31 bits per heavy atom. The molecule has 0 amide bonds. The van der Waals surface area contributed by atoms with Crippen LogP contribution in [0.25, 0.3) is 0 Å². The number of pyridine rings is 1. The van der Waals surface area contributed by atoms with Gasteiger partial charge < -0.3 is 22.1 Å². The first-order valence-corrected chi connectivity index (χ1v) is 4.45. The number of aryl methyl sites for hydroxylation is 1. The van der Waals surface area contributed by atoms with Crippen LogP contribution in [0.2, 0.25) is 0 Å². The molecule has 1 N–H and O–H groups in total. The highest BCUT2D eigenvalue weighted by molar-refractivity contribution is 5.06. The average molecular weight is 246 g/mol. The molecule has 0 aromatic carbocycles. The molecule has 1 rings (SSSR count). The van der Waals surface area contributed by atoms with Gasteiger partial charge in [-0.1, -0.05) is 13.3 Å². The minimum Gasteiger partial charge on any atom is -1.00 e. The lowest BCUT2D eigenvalue weighted by atomic mass is 10.2. The van der Waals surface area contributed by atoms with E-state index in [0.29, 0.717) is 6.54 Å². The van der Waals surface area contributed by atoms with Gasteiger partial charge in [0.15, 0.2) is 18.9 Å². The van der Waals surface area contributed by atoms with Gasteiger partial charge in [0, 0.05) is 12.1 Å². The maximum atomic E-state index is 8.67. The number of aliphatic hydroxyl groups is 1. The summed E-state index contributed by atoms with van der Waals surface area (Å²) in [4.78, 5) is 0. The van der Waals surface area contributed by atoms with Crippen LogP contribution in [0.1, 0.15) is 18.9 Å². The highest BCUT2D eigenvalue weighted by atomic mass is 79.9. The molecule has 0 aliphatic rings. The molecule has 0 bridgehead atoms. The van der Waals surface area contributed by atoms with E-state index in [9.17, 15) is 0 Å². The molecule has 1 heterocycles. The van der Waals surface area contributed by atoms with Crippen LogP contribution in [0, 0.1) is 0 Å². The molecule has 0 aliphatic heterocycles. The topological polar surface area (TPSA) is 24.1 Å². The van der Waals surface area contributed by atoms with E-state index in [1.807, 2.05) is 17.0 Å². The predicted octanol–water partition coefficient (Wildman–Crippen LogP) is -2.08. The summed E-state index contributed by atoms with van der Waals surface area (Å²) < 4.78 is 1.99. The lowest BCUT2D eigenvalue weighted by molar-refractivity contribution is -0.698. The quantitative estimate of drug-likeness (QED) is 0.606. The van der Waals surface area contributed by atoms with Crippen LogP contribution < -0.4 is 21.5 Å². The van der Waals surface area contributed by atoms with E-state index < -0.39 is 0 Å². The Bertz CT molecular complexity index is 198. The lowest BCUT2D eigenvalue weighted by Crippen LogP contribution is -3.00. The number of aromatic nitrogens is 1. The maximum Gasteiger partial charge on any atom is 0.171 e. The van der Waals surface area contributed by atoms with E-state index in [-0.39, 0.29) is 23.6 Å². The molecule has 0 atom stereocenters. The summed E-state index contributed by atoms with van der Waals surface area (Å²) in [6, 6.07) is 4.22. The molecule has 0 radical (unpaired) electrons. The molecule has 0 saturated heterocycles. The van der Waals surface area contributed by atoms with Crippen LogP contribution in [-0.2, 0) is 13.0 Å². The number of halogens is 1. The summed E-state index contributed by atoms with van der Waals surface area (Å²) in [7, 11) is 0. The third-order valence-electron chi connectivity index (χ3n) is 1.86. The highest BCUT2D eigenvalue weighted by Gasteiger charge is 1.97. The van der Waals surface area contributed by atoms with Crippen molar-refractivity contribution in [2.24, 2.45) is 0 Å². The smallest absolute Gasteiger partial charge is 0.171 e. The fourth-order valence-electron chi connectivity index (χ4n) is 1.21. The third kappa shape index (κ3) is 4.39. The average Bonchev–Trinajstić information content (AvgIpc) is 2.09. The molecule has 1 aromatic rings. The molecular weight excluding hydrogens is 230 g/mol. The number of rotatable bonds is 4. The van der Waals surface area contributed by atoms with E-state index in [0.717, 1.165) is 6.42 Å². The first-order valence-electron chi connectivity index (χ1n) is 4.45. The van der Waals surface area contributed by atoms with Gasteiger partial charge in [-0.3, -0.25) is 0 Å². The molecule has 2 nitrogen and oxygen atoms in total. The highest BCUT2D eigenvalue weighted by Crippen LogP contribution is 1.98. The standard InChI is InChI=1S/C10H16NO.BrH/c1-2-3-10-4-6-11(7-5-10)8-9-12;/h4-7,12H,2-3,8-9H2,1H3;1H/q+1;/p-1. The van der Waals surface area contributed by atoms with Crippen molar-refractivity contribution in [3.05, 3.63) is 30.1 Å². The minimum absolute atomic E-state index is 0. The zero-order valence-electron chi connectivity index (χ0n) is 7.91. The molecule has 0 unspecified atom stereocenters. The van der Waals surface area contributed by atoms with Gasteiger partial charge in [-0.2, -0.15) is 0 Å². The maximum absolute atomic E-state index is 8.67. The van der Waals surface area contributed by atoms with Gasteiger partial charge in [-0.05, 0) is 12.0 Å². The van der Waals surface area contributed by atoms with Crippen LogP contribution in [-0.4, -0.2) is 11.7 Å². The second-order valence-electron chi connectivity index (χ2n) is 2.92. The molecular formula is C10H16BrNO. The molecule has 0 spiro atoms. The molecule has 3 heteroatoms. The van der Waals surface area contributed by atoms with Gasteiger partial charge in [-0.25, -0.2) is 4.57 Å². The van der Waals surface area contributed by atoms with Gasteiger partial charge in [-0.15, -0.1) is 0 Å². The first-order chi connectivity index (χ1) is 5.86. The second-order valence-corrected chi connectivity index (χ2v) is 2.92. The van der Waals surface area contributed by atoms with Crippen molar-refractivity contribution < 1.29 is 26.7 Å². The van der Waals surface area contributed by atoms with Crippen molar-refractivity contribution in [3.63, 3.8) is 0 Å². The third-order valence-corrected chi connectivity index (χ3v) is 1.86. The Morgan fingerprint density at radius 2 is 1.92 bits per heavy atom. The normalized spacial score (nSPS) is 9.38. The number of hydrogen-bond acceptors (Lipinski definition) is 1. The summed E-state index contributed by atoms with van der Waals surface area (Å²) in [5.41, 5.74) is 1.37. The van der Waals surface area contributed by atoms with Gasteiger partial charge in [0.25, 0.3) is 0 Å². The Morgan fingerprint density at radius 3 is 2.38 bits per heavy atom. The lowest BCUT2D eigenvalue weighted by Gasteiger charge is -1.96. The largest absolute Gasteiger partial charge is 1.00 e. The zero-order valence-corrected chi connectivity index (χ0v) is 9.50. The second kappa shape index (κ2) is 7.04. The molecule has 0 fully saturated rings. The predicted molar refractivity (Wildman–Crippen MR) is 47.7 cm³/mol. The number of hydrogen-bond donors (Lipinski definition) is 1. The van der Waals surface area contributed by atoms with Gasteiger partial charge in [0.2, 0.25) is 0 Å². The fourth-order valence-corrected chi connectivity index (χ4v) is 1.21. The van der Waals surface area contributed by atoms with Crippen molar-refractivity contribution in [1.29, 1.82) is 0 Å².